The minimum Gasteiger partial charge on any atom is -0.495 e. The molecule has 0 spiro atoms. The van der Waals surface area contributed by atoms with Gasteiger partial charge in [0.1, 0.15) is 10.6 Å². The fraction of sp³-hybridized carbons (Fsp3) is 0.429. The first-order valence-corrected chi connectivity index (χ1v) is 13.5. The number of sulfonamides is 2. The molecule has 1 fully saturated rings. The average Bonchev–Trinajstić information content (AvgIpc) is 2.74. The maximum atomic E-state index is 12.6. The molecule has 3 rings (SSSR count). The fourth-order valence-corrected chi connectivity index (χ4v) is 6.38. The molecule has 1 aliphatic carbocycles. The minimum atomic E-state index is -3.81. The first-order valence-electron chi connectivity index (χ1n) is 10.2. The highest BCUT2D eigenvalue weighted by atomic mass is 35.5. The van der Waals surface area contributed by atoms with E-state index >= 15 is 0 Å². The van der Waals surface area contributed by atoms with E-state index in [9.17, 15) is 16.8 Å². The SMILES string of the molecule is COc1ccc(Cl)cc1S(=O)(=O)NCCc1ccc(S(=O)(=O)NC2CCCCC2)cc1. The van der Waals surface area contributed by atoms with E-state index < -0.39 is 20.0 Å². The fourth-order valence-electron chi connectivity index (χ4n) is 3.61. The van der Waals surface area contributed by atoms with Gasteiger partial charge in [-0.3, -0.25) is 0 Å². The van der Waals surface area contributed by atoms with Crippen molar-refractivity contribution < 1.29 is 21.6 Å². The van der Waals surface area contributed by atoms with Gasteiger partial charge in [-0.15, -0.1) is 0 Å². The van der Waals surface area contributed by atoms with Crippen LogP contribution in [0.2, 0.25) is 5.02 Å². The lowest BCUT2D eigenvalue weighted by Crippen LogP contribution is -2.36. The Morgan fingerprint density at radius 2 is 1.65 bits per heavy atom. The van der Waals surface area contributed by atoms with Crippen molar-refractivity contribution in [3.05, 3.63) is 53.1 Å². The number of ether oxygens (including phenoxy) is 1. The molecule has 31 heavy (non-hydrogen) atoms. The normalized spacial score (nSPS) is 15.7. The second-order valence-corrected chi connectivity index (χ2v) is 11.4. The van der Waals surface area contributed by atoms with Crippen molar-refractivity contribution in [2.24, 2.45) is 0 Å². The van der Waals surface area contributed by atoms with E-state index in [0.29, 0.717) is 11.4 Å². The predicted octanol–water partition coefficient (Wildman–Crippen LogP) is 3.48. The Labute approximate surface area is 189 Å². The molecule has 2 aromatic carbocycles. The second-order valence-electron chi connectivity index (χ2n) is 7.54. The third-order valence-electron chi connectivity index (χ3n) is 5.28. The Balaban J connectivity index is 1.60. The van der Waals surface area contributed by atoms with E-state index in [1.807, 2.05) is 0 Å². The van der Waals surface area contributed by atoms with Crippen molar-refractivity contribution in [2.75, 3.05) is 13.7 Å². The van der Waals surface area contributed by atoms with Gasteiger partial charge in [-0.1, -0.05) is 43.0 Å². The lowest BCUT2D eigenvalue weighted by Gasteiger charge is -2.22. The molecule has 2 N–H and O–H groups in total. The van der Waals surface area contributed by atoms with Crippen molar-refractivity contribution >= 4 is 31.6 Å². The van der Waals surface area contributed by atoms with Crippen LogP contribution < -0.4 is 14.2 Å². The highest BCUT2D eigenvalue weighted by Gasteiger charge is 2.22. The minimum absolute atomic E-state index is 0.00341. The van der Waals surface area contributed by atoms with Crippen molar-refractivity contribution in [1.29, 1.82) is 0 Å². The summed E-state index contributed by atoms with van der Waals surface area (Å²) in [5.41, 5.74) is 0.817. The van der Waals surface area contributed by atoms with E-state index in [0.717, 1.165) is 37.7 Å². The molecule has 0 aliphatic heterocycles. The molecular formula is C21H27ClN2O5S2. The van der Waals surface area contributed by atoms with Crippen molar-refractivity contribution in [3.8, 4) is 5.75 Å². The number of hydrogen-bond acceptors (Lipinski definition) is 5. The third kappa shape index (κ3) is 6.43. The number of halogens is 1. The van der Waals surface area contributed by atoms with E-state index in [1.165, 1.54) is 19.2 Å². The molecule has 0 aromatic heterocycles. The Hall–Kier alpha value is -1.65. The predicted molar refractivity (Wildman–Crippen MR) is 121 cm³/mol. The van der Waals surface area contributed by atoms with Crippen LogP contribution in [-0.2, 0) is 26.5 Å². The summed E-state index contributed by atoms with van der Waals surface area (Å²) in [5, 5.41) is 0.291. The lowest BCUT2D eigenvalue weighted by molar-refractivity contribution is 0.402. The molecule has 0 unspecified atom stereocenters. The van der Waals surface area contributed by atoms with Crippen LogP contribution in [0.1, 0.15) is 37.7 Å². The molecule has 7 nitrogen and oxygen atoms in total. The van der Waals surface area contributed by atoms with Gasteiger partial charge in [0, 0.05) is 17.6 Å². The maximum Gasteiger partial charge on any atom is 0.244 e. The molecule has 0 radical (unpaired) electrons. The van der Waals surface area contributed by atoms with Crippen LogP contribution in [0.3, 0.4) is 0 Å². The van der Waals surface area contributed by atoms with E-state index in [4.69, 9.17) is 16.3 Å². The highest BCUT2D eigenvalue weighted by molar-refractivity contribution is 7.89. The van der Waals surface area contributed by atoms with Gasteiger partial charge in [-0.2, -0.15) is 0 Å². The summed E-state index contributed by atoms with van der Waals surface area (Å²) >= 11 is 5.92. The highest BCUT2D eigenvalue weighted by Crippen LogP contribution is 2.27. The molecule has 0 saturated heterocycles. The topological polar surface area (TPSA) is 102 Å². The first-order chi connectivity index (χ1) is 14.7. The van der Waals surface area contributed by atoms with E-state index in [-0.39, 0.29) is 28.1 Å². The summed E-state index contributed by atoms with van der Waals surface area (Å²) < 4.78 is 60.8. The van der Waals surface area contributed by atoms with Gasteiger partial charge in [0.2, 0.25) is 20.0 Å². The Morgan fingerprint density at radius 1 is 0.968 bits per heavy atom. The largest absolute Gasteiger partial charge is 0.495 e. The Kier molecular flexibility index (Phi) is 7.98. The smallest absolute Gasteiger partial charge is 0.244 e. The Bertz CT molecular complexity index is 1100. The summed E-state index contributed by atoms with van der Waals surface area (Å²) in [7, 11) is -5.98. The van der Waals surface area contributed by atoms with Crippen molar-refractivity contribution in [3.63, 3.8) is 0 Å². The van der Waals surface area contributed by atoms with Crippen molar-refractivity contribution in [1.82, 2.24) is 9.44 Å². The van der Waals surface area contributed by atoms with Gasteiger partial charge < -0.3 is 4.74 Å². The summed E-state index contributed by atoms with van der Waals surface area (Å²) in [5.74, 6) is 0.205. The molecular weight excluding hydrogens is 460 g/mol. The number of methoxy groups -OCH3 is 1. The molecule has 1 saturated carbocycles. The molecule has 170 valence electrons. The molecule has 0 atom stereocenters. The number of benzene rings is 2. The van der Waals surface area contributed by atoms with Gasteiger partial charge in [0.15, 0.2) is 0 Å². The quantitative estimate of drug-likeness (QED) is 0.565. The van der Waals surface area contributed by atoms with Gasteiger partial charge in [0.05, 0.1) is 12.0 Å². The van der Waals surface area contributed by atoms with E-state index in [1.54, 1.807) is 30.3 Å². The number of hydrogen-bond donors (Lipinski definition) is 2. The number of nitrogens with one attached hydrogen (secondary N) is 2. The van der Waals surface area contributed by atoms with Crippen LogP contribution in [0, 0.1) is 0 Å². The zero-order valence-corrected chi connectivity index (χ0v) is 19.7. The van der Waals surface area contributed by atoms with Crippen LogP contribution in [0.5, 0.6) is 5.75 Å². The molecule has 2 aromatic rings. The van der Waals surface area contributed by atoms with Gasteiger partial charge in [-0.25, -0.2) is 26.3 Å². The summed E-state index contributed by atoms with van der Waals surface area (Å²) in [6, 6.07) is 10.9. The molecule has 0 amide bonds. The lowest BCUT2D eigenvalue weighted by atomic mass is 9.96. The van der Waals surface area contributed by atoms with Crippen molar-refractivity contribution in [2.45, 2.75) is 54.4 Å². The van der Waals surface area contributed by atoms with Gasteiger partial charge in [-0.05, 0) is 55.2 Å². The summed E-state index contributed by atoms with van der Waals surface area (Å²) in [6.07, 6.45) is 5.38. The molecule has 0 bridgehead atoms. The molecule has 10 heteroatoms. The summed E-state index contributed by atoms with van der Waals surface area (Å²) in [6.45, 7) is 0.143. The summed E-state index contributed by atoms with van der Waals surface area (Å²) in [4.78, 5) is 0.184. The monoisotopic (exact) mass is 486 g/mol. The van der Waals surface area contributed by atoms with Gasteiger partial charge >= 0.3 is 0 Å². The zero-order valence-electron chi connectivity index (χ0n) is 17.3. The van der Waals surface area contributed by atoms with Crippen LogP contribution in [0.15, 0.2) is 52.3 Å². The molecule has 0 heterocycles. The molecule has 1 aliphatic rings. The van der Waals surface area contributed by atoms with Crippen LogP contribution in [0.4, 0.5) is 0 Å². The average molecular weight is 487 g/mol. The maximum absolute atomic E-state index is 12.6. The van der Waals surface area contributed by atoms with Crippen LogP contribution in [0.25, 0.3) is 0 Å². The zero-order chi connectivity index (χ0) is 22.5. The van der Waals surface area contributed by atoms with E-state index in [2.05, 4.69) is 9.44 Å². The van der Waals surface area contributed by atoms with Gasteiger partial charge in [0.25, 0.3) is 0 Å². The standard InChI is InChI=1S/C21H27ClN2O5S2/c1-29-20-12-9-17(22)15-21(20)31(27,28)23-14-13-16-7-10-19(11-8-16)30(25,26)24-18-5-3-2-4-6-18/h7-12,15,18,23-24H,2-6,13-14H2,1H3. The first kappa shape index (κ1) is 24.0. The number of rotatable bonds is 9. The van der Waals surface area contributed by atoms with Crippen LogP contribution >= 0.6 is 11.6 Å². The van der Waals surface area contributed by atoms with Crippen LogP contribution in [-0.4, -0.2) is 36.5 Å². The third-order valence-corrected chi connectivity index (χ3v) is 8.54. The Morgan fingerprint density at radius 3 is 2.29 bits per heavy atom. The second kappa shape index (κ2) is 10.3.